The van der Waals surface area contributed by atoms with Gasteiger partial charge in [-0.15, -0.1) is 0 Å². The molecule has 124 heavy (non-hydrogen) atoms. The third-order valence-electron chi connectivity index (χ3n) is 22.1. The van der Waals surface area contributed by atoms with Crippen molar-refractivity contribution in [3.05, 3.63) is 333 Å². The van der Waals surface area contributed by atoms with E-state index in [-0.39, 0.29) is 58.3 Å². The van der Waals surface area contributed by atoms with Crippen LogP contribution < -0.4 is 10.6 Å². The van der Waals surface area contributed by atoms with Crippen molar-refractivity contribution >= 4 is 140 Å². The molecule has 0 saturated carbocycles. The Hall–Kier alpha value is -17.3. The minimum atomic E-state index is -1.09. The van der Waals surface area contributed by atoms with Crippen LogP contribution in [0.5, 0.6) is 0 Å². The number of hydrogen-bond acceptors (Lipinski definition) is 12. The maximum absolute atomic E-state index is 14.0. The Morgan fingerprint density at radius 2 is 0.339 bits per heavy atom. The molecule has 18 rings (SSSR count). The van der Waals surface area contributed by atoms with Gasteiger partial charge in [-0.3, -0.25) is 9.59 Å². The molecule has 4 aliphatic heterocycles. The first-order chi connectivity index (χ1) is 60.2. The normalized spacial score (nSPS) is 11.8. The van der Waals surface area contributed by atoms with Gasteiger partial charge >= 0.3 is 35.8 Å². The molecule has 6 aromatic heterocycles. The molecule has 0 saturated heterocycles. The summed E-state index contributed by atoms with van der Waals surface area (Å²) >= 11 is 0. The van der Waals surface area contributed by atoms with Crippen molar-refractivity contribution in [2.75, 3.05) is 13.1 Å². The third kappa shape index (κ3) is 15.3. The van der Waals surface area contributed by atoms with Crippen LogP contribution in [0, 0.1) is 0 Å². The van der Waals surface area contributed by atoms with E-state index in [0.717, 1.165) is 0 Å². The van der Waals surface area contributed by atoms with Crippen molar-refractivity contribution < 1.29 is 69.0 Å². The summed E-state index contributed by atoms with van der Waals surface area (Å²) in [6.45, 7) is 0.576. The van der Waals surface area contributed by atoms with E-state index >= 15 is 0 Å². The van der Waals surface area contributed by atoms with E-state index in [9.17, 15) is 69.0 Å². The molecule has 0 atom stereocenters. The number of carbonyl (C=O) groups excluding carboxylic acids is 2. The lowest BCUT2D eigenvalue weighted by atomic mass is 10.0. The van der Waals surface area contributed by atoms with E-state index in [0.29, 0.717) is 203 Å². The Bertz CT molecular complexity index is 6790. The van der Waals surface area contributed by atoms with Gasteiger partial charge < -0.3 is 61.2 Å². The van der Waals surface area contributed by atoms with E-state index in [1.54, 1.807) is 97.1 Å². The van der Waals surface area contributed by atoms with Gasteiger partial charge in [-0.1, -0.05) is 97.1 Å². The third-order valence-corrected chi connectivity index (χ3v) is 22.1. The second kappa shape index (κ2) is 32.6. The number of unbranched alkanes of at least 4 members (excludes halogenated alkanes) is 1. The van der Waals surface area contributed by atoms with Crippen LogP contribution in [-0.4, -0.2) is 131 Å². The number of rotatable bonds is 21. The number of H-pyrrole nitrogens is 4. The lowest BCUT2D eigenvalue weighted by Crippen LogP contribution is -2.27. The predicted molar refractivity (Wildman–Crippen MR) is 477 cm³/mol. The van der Waals surface area contributed by atoms with Crippen molar-refractivity contribution in [3.8, 4) is 89.0 Å². The van der Waals surface area contributed by atoms with Crippen molar-refractivity contribution in [2.24, 2.45) is 0 Å². The molecule has 0 spiro atoms. The van der Waals surface area contributed by atoms with Crippen molar-refractivity contribution in [2.45, 2.75) is 12.8 Å². The monoisotopic (exact) mass is 1630 g/mol. The van der Waals surface area contributed by atoms with Gasteiger partial charge in [0, 0.05) is 113 Å². The second-order valence-corrected chi connectivity index (χ2v) is 29.7. The molecule has 602 valence electrons. The average molecular weight is 1630 g/mol. The van der Waals surface area contributed by atoms with Crippen molar-refractivity contribution in [1.82, 2.24) is 50.5 Å². The first-order valence-electron chi connectivity index (χ1n) is 39.3. The fraction of sp³-hybridized carbons (Fsp3) is 0.0400. The van der Waals surface area contributed by atoms with Gasteiger partial charge in [-0.25, -0.2) is 48.7 Å². The highest BCUT2D eigenvalue weighted by Crippen LogP contribution is 2.43. The van der Waals surface area contributed by atoms with Crippen molar-refractivity contribution in [1.29, 1.82) is 0 Å². The van der Waals surface area contributed by atoms with E-state index in [2.05, 4.69) is 30.6 Å². The van der Waals surface area contributed by atoms with Crippen molar-refractivity contribution in [3.63, 3.8) is 0 Å². The molecule has 10 heterocycles. The number of aromatic nitrogens is 8. The number of amides is 2. The van der Waals surface area contributed by atoms with E-state index in [1.165, 1.54) is 72.8 Å². The van der Waals surface area contributed by atoms with Crippen LogP contribution in [0.3, 0.4) is 0 Å². The quantitative estimate of drug-likeness (QED) is 0.0297. The van der Waals surface area contributed by atoms with Crippen LogP contribution in [0.25, 0.3) is 182 Å². The zero-order valence-electron chi connectivity index (χ0n) is 65.3. The highest BCUT2D eigenvalue weighted by Gasteiger charge is 2.25. The number of nitrogens with zero attached hydrogens (tertiary/aromatic N) is 4. The largest absolute Gasteiger partial charge is 0.478 e. The Balaban J connectivity index is 0.632. The van der Waals surface area contributed by atoms with E-state index < -0.39 is 35.8 Å². The molecular formula is C100H68N10O14. The van der Waals surface area contributed by atoms with Gasteiger partial charge in [0.15, 0.2) is 0 Å². The molecule has 4 aliphatic rings. The number of nitrogens with one attached hydrogen (secondary N) is 6. The highest BCUT2D eigenvalue weighted by atomic mass is 16.4. The maximum atomic E-state index is 14.0. The summed E-state index contributed by atoms with van der Waals surface area (Å²) in [5.41, 5.74) is 20.9. The number of aromatic amines is 4. The number of hydrogen-bond donors (Lipinski definition) is 12. The van der Waals surface area contributed by atoms with Crippen LogP contribution >= 0.6 is 0 Å². The van der Waals surface area contributed by atoms with Gasteiger partial charge in [-0.2, -0.15) is 0 Å². The maximum Gasteiger partial charge on any atom is 0.335 e. The number of carboxylic acids is 6. The molecule has 24 heteroatoms. The molecule has 8 aromatic carbocycles. The predicted octanol–water partition coefficient (Wildman–Crippen LogP) is 20.1. The van der Waals surface area contributed by atoms with Gasteiger partial charge in [-0.05, 0) is 252 Å². The average Bonchev–Trinajstić information content (AvgIpc) is 1.61. The summed E-state index contributed by atoms with van der Waals surface area (Å²) in [4.78, 5) is 137. The molecule has 0 fully saturated rings. The Kier molecular flexibility index (Phi) is 20.5. The van der Waals surface area contributed by atoms with Crippen LogP contribution in [0.1, 0.15) is 141 Å². The number of aromatic carboxylic acids is 6. The topological polar surface area (TPSA) is 397 Å². The fourth-order valence-electron chi connectivity index (χ4n) is 16.0. The van der Waals surface area contributed by atoms with Gasteiger partial charge in [0.05, 0.1) is 78.9 Å². The summed E-state index contributed by atoms with van der Waals surface area (Å²) in [7, 11) is 0. The van der Waals surface area contributed by atoms with Gasteiger partial charge in [0.2, 0.25) is 0 Å². The first kappa shape index (κ1) is 77.9. The van der Waals surface area contributed by atoms with E-state index in [1.807, 2.05) is 121 Å². The zero-order chi connectivity index (χ0) is 85.6. The Labute approximate surface area is 703 Å². The lowest BCUT2D eigenvalue weighted by Gasteiger charge is -2.09. The van der Waals surface area contributed by atoms with Crippen LogP contribution in [0.2, 0.25) is 0 Å². The Morgan fingerprint density at radius 3 is 0.476 bits per heavy atom. The lowest BCUT2D eigenvalue weighted by molar-refractivity contribution is 0.0686. The standard InChI is InChI=1S/C100H68N10O14/c111-93(61-19-3-53(4-20-61)85-69-35-39-73(103-69)87(55-7-23-63(24-8-55)95(113)114)77-43-47-81(107-77)91(59-15-31-67(32-16-59)99(121)122)82-48-44-78(108-82)88(74-40-36-70(85)104-74)56-9-25-64(26-10-56)96(115)116)101-51-1-2-52-102-94(112)62-21-5-54(6-22-62)86-71-37-41-75(105-71)89(57-11-27-65(28-12-57)97(117)118)79-45-49-83(109-79)92(60-17-33-68(34-18-60)100(123)124)84-50-46-80(110-84)90(76-42-38-72(86)106-76)58-13-29-66(30-14-58)98(119)120/h3-50,103,105,108,110H,1-2,51-52H2,(H,101,111)(H,102,112)(H,113,114)(H,115,116)(H,117,118)(H,119,120)(H,121,122)(H,123,124). The SMILES string of the molecule is O=C(O)c1ccc(-c2c3nc(c(-c4ccc(C(=O)O)cc4)c4ccc([nH]4)c(-c4ccc(C(=O)NCCCCNC(=O)c5ccc(-c6c7nc(c(-c8ccc(C(=O)O)cc8)c8ccc([nH]8)c(-c8ccc(C(=O)O)cc8)c8nc(c(-c9ccc(C(=O)O)cc9)c9ccc6[nH]9)C=C8)C=C7)cc5)cc4)c4nc(c(-c5ccc(C(=O)O)cc5)c5ccc2[nH]5)C=C4)C=C3)cc1. The summed E-state index contributed by atoms with van der Waals surface area (Å²) in [5.74, 6) is -7.20. The fourth-order valence-corrected chi connectivity index (χ4v) is 16.0. The molecule has 12 N–H and O–H groups in total. The number of fused-ring (bicyclic) bond motifs is 16. The molecule has 0 unspecified atom stereocenters. The molecule has 0 aliphatic carbocycles. The molecule has 24 nitrogen and oxygen atoms in total. The van der Waals surface area contributed by atoms with Crippen LogP contribution in [-0.2, 0) is 0 Å². The summed E-state index contributed by atoms with van der Waals surface area (Å²) in [5, 5.41) is 65.6. The first-order valence-corrected chi connectivity index (χ1v) is 39.3. The summed E-state index contributed by atoms with van der Waals surface area (Å²) < 4.78 is 0. The highest BCUT2D eigenvalue weighted by molar-refractivity contribution is 6.06. The minimum absolute atomic E-state index is 0.0870. The molecule has 2 amide bonds. The number of carbonyl (C=O) groups is 8. The van der Waals surface area contributed by atoms with Gasteiger partial charge in [0.25, 0.3) is 11.8 Å². The molecule has 16 bridgehead atoms. The van der Waals surface area contributed by atoms with E-state index in [4.69, 9.17) is 19.9 Å². The summed E-state index contributed by atoms with van der Waals surface area (Å²) in [6.07, 6.45) is 16.0. The molecular weight excluding hydrogens is 1570 g/mol. The minimum Gasteiger partial charge on any atom is -0.478 e. The number of benzene rings is 8. The second-order valence-electron chi connectivity index (χ2n) is 29.7. The zero-order valence-corrected chi connectivity index (χ0v) is 65.3. The van der Waals surface area contributed by atoms with Crippen LogP contribution in [0.4, 0.5) is 0 Å². The van der Waals surface area contributed by atoms with Crippen LogP contribution in [0.15, 0.2) is 243 Å². The van der Waals surface area contributed by atoms with Gasteiger partial charge in [0.1, 0.15) is 0 Å². The number of carboxylic acid groups (broad SMARTS) is 6. The Morgan fingerprint density at radius 1 is 0.202 bits per heavy atom. The molecule has 0 radical (unpaired) electrons. The summed E-state index contributed by atoms with van der Waals surface area (Å²) in [6, 6.07) is 68.4. The molecule has 14 aromatic rings. The smallest absolute Gasteiger partial charge is 0.335 e.